The van der Waals surface area contributed by atoms with Crippen LogP contribution >= 0.6 is 11.8 Å². The molecule has 0 aromatic heterocycles. The van der Waals surface area contributed by atoms with Crippen LogP contribution < -0.4 is 4.90 Å². The summed E-state index contributed by atoms with van der Waals surface area (Å²) >= 11 is 1.73. The summed E-state index contributed by atoms with van der Waals surface area (Å²) in [6, 6.07) is 9.00. The Morgan fingerprint density at radius 1 is 1.29 bits per heavy atom. The first-order chi connectivity index (χ1) is 10.2. The minimum Gasteiger partial charge on any atom is -0.383 e. The minimum absolute atomic E-state index is 0.439. The molecule has 0 atom stereocenters. The zero-order valence-electron chi connectivity index (χ0n) is 13.6. The Morgan fingerprint density at radius 2 is 2.00 bits per heavy atom. The number of nitrogens with zero attached hydrogens (tertiary/aromatic N) is 2. The third kappa shape index (κ3) is 4.66. The van der Waals surface area contributed by atoms with Crippen molar-refractivity contribution in [3.05, 3.63) is 23.8 Å². The number of rotatable bonds is 9. The van der Waals surface area contributed by atoms with Gasteiger partial charge in [0.1, 0.15) is 6.07 Å². The second-order valence-corrected chi connectivity index (χ2v) is 6.16. The molecular formula is C17H26N2OS. The molecule has 0 aliphatic rings. The van der Waals surface area contributed by atoms with Gasteiger partial charge in [0.25, 0.3) is 0 Å². The van der Waals surface area contributed by atoms with Gasteiger partial charge < -0.3 is 9.64 Å². The van der Waals surface area contributed by atoms with Gasteiger partial charge in [0, 0.05) is 24.6 Å². The van der Waals surface area contributed by atoms with Crippen LogP contribution in [0.3, 0.4) is 0 Å². The van der Waals surface area contributed by atoms with Crippen molar-refractivity contribution in [1.29, 1.82) is 5.26 Å². The second kappa shape index (κ2) is 9.70. The number of nitriles is 1. The Bertz CT molecular complexity index is 466. The fraction of sp³-hybridized carbons (Fsp3) is 0.588. The Labute approximate surface area is 133 Å². The lowest BCUT2D eigenvalue weighted by atomic mass is 10.1. The van der Waals surface area contributed by atoms with Crippen molar-refractivity contribution < 1.29 is 4.74 Å². The average Bonchev–Trinajstić information content (AvgIpc) is 2.51. The molecule has 0 amide bonds. The van der Waals surface area contributed by atoms with E-state index in [2.05, 4.69) is 43.9 Å². The molecule has 1 aromatic rings. The van der Waals surface area contributed by atoms with E-state index in [9.17, 15) is 5.26 Å². The van der Waals surface area contributed by atoms with Crippen LogP contribution in [-0.4, -0.2) is 32.1 Å². The first kappa shape index (κ1) is 17.9. The molecule has 4 heteroatoms. The Morgan fingerprint density at radius 3 is 2.52 bits per heavy atom. The summed E-state index contributed by atoms with van der Waals surface area (Å²) in [5.74, 6) is 0.973. The summed E-state index contributed by atoms with van der Waals surface area (Å²) in [6.07, 6.45) is 2.13. The van der Waals surface area contributed by atoms with E-state index >= 15 is 0 Å². The molecule has 0 spiro atoms. The molecule has 3 nitrogen and oxygen atoms in total. The van der Waals surface area contributed by atoms with E-state index in [4.69, 9.17) is 4.74 Å². The highest BCUT2D eigenvalue weighted by atomic mass is 32.2. The molecule has 21 heavy (non-hydrogen) atoms. The number of methoxy groups -OCH3 is 1. The Balaban J connectivity index is 3.22. The lowest BCUT2D eigenvalue weighted by Crippen LogP contribution is -2.37. The van der Waals surface area contributed by atoms with Crippen molar-refractivity contribution in [1.82, 2.24) is 0 Å². The molecule has 116 valence electrons. The average molecular weight is 306 g/mol. The Hall–Kier alpha value is -1.18. The summed E-state index contributed by atoms with van der Waals surface area (Å²) < 4.78 is 5.25. The molecule has 0 aliphatic carbocycles. The van der Waals surface area contributed by atoms with Crippen molar-refractivity contribution in [2.24, 2.45) is 0 Å². The van der Waals surface area contributed by atoms with Crippen LogP contribution in [0.5, 0.6) is 0 Å². The fourth-order valence-corrected chi connectivity index (χ4v) is 3.35. The predicted molar refractivity (Wildman–Crippen MR) is 91.1 cm³/mol. The number of thioether (sulfide) groups is 1. The van der Waals surface area contributed by atoms with Gasteiger partial charge in [0.15, 0.2) is 0 Å². The van der Waals surface area contributed by atoms with Gasteiger partial charge in [0.2, 0.25) is 0 Å². The highest BCUT2D eigenvalue weighted by molar-refractivity contribution is 7.99. The number of ether oxygens (including phenoxy) is 1. The van der Waals surface area contributed by atoms with Gasteiger partial charge in [-0.1, -0.05) is 26.8 Å². The highest BCUT2D eigenvalue weighted by Gasteiger charge is 2.20. The van der Waals surface area contributed by atoms with Crippen LogP contribution in [0.25, 0.3) is 0 Å². The van der Waals surface area contributed by atoms with Gasteiger partial charge >= 0.3 is 0 Å². The van der Waals surface area contributed by atoms with E-state index < -0.39 is 0 Å². The maximum atomic E-state index is 9.61. The SMILES string of the molecule is CCSc1cccc(N(CCOC)C(CC)CC)c1C#N. The maximum absolute atomic E-state index is 9.61. The zero-order chi connectivity index (χ0) is 15.7. The molecule has 0 saturated heterocycles. The third-order valence-corrected chi connectivity index (χ3v) is 4.58. The number of benzene rings is 1. The van der Waals surface area contributed by atoms with Gasteiger partial charge in [-0.25, -0.2) is 0 Å². The van der Waals surface area contributed by atoms with Crippen LogP contribution in [0, 0.1) is 11.3 Å². The normalized spacial score (nSPS) is 10.7. The maximum Gasteiger partial charge on any atom is 0.103 e. The van der Waals surface area contributed by atoms with E-state index in [1.807, 2.05) is 6.07 Å². The first-order valence-electron chi connectivity index (χ1n) is 7.64. The second-order valence-electron chi connectivity index (χ2n) is 4.85. The smallest absolute Gasteiger partial charge is 0.103 e. The van der Waals surface area contributed by atoms with Crippen molar-refractivity contribution >= 4 is 17.4 Å². The molecule has 0 N–H and O–H groups in total. The molecule has 0 saturated carbocycles. The van der Waals surface area contributed by atoms with E-state index in [1.54, 1.807) is 18.9 Å². The lowest BCUT2D eigenvalue weighted by molar-refractivity contribution is 0.202. The summed E-state index contributed by atoms with van der Waals surface area (Å²) in [4.78, 5) is 3.41. The van der Waals surface area contributed by atoms with Gasteiger partial charge in [-0.05, 0) is 30.7 Å². The van der Waals surface area contributed by atoms with E-state index in [0.29, 0.717) is 12.6 Å². The minimum atomic E-state index is 0.439. The summed E-state index contributed by atoms with van der Waals surface area (Å²) in [6.45, 7) is 8.00. The molecule has 0 aliphatic heterocycles. The van der Waals surface area contributed by atoms with Crippen LogP contribution in [0.1, 0.15) is 39.2 Å². The zero-order valence-corrected chi connectivity index (χ0v) is 14.4. The topological polar surface area (TPSA) is 36.3 Å². The molecular weight excluding hydrogens is 280 g/mol. The summed E-state index contributed by atoms with van der Waals surface area (Å²) in [7, 11) is 1.72. The van der Waals surface area contributed by atoms with Crippen LogP contribution in [-0.2, 0) is 4.74 Å². The lowest BCUT2D eigenvalue weighted by Gasteiger charge is -2.33. The van der Waals surface area contributed by atoms with Crippen molar-refractivity contribution in [3.63, 3.8) is 0 Å². The van der Waals surface area contributed by atoms with E-state index in [-0.39, 0.29) is 0 Å². The van der Waals surface area contributed by atoms with Crippen LogP contribution in [0.15, 0.2) is 23.1 Å². The molecule has 1 rings (SSSR count). The summed E-state index contributed by atoms with van der Waals surface area (Å²) in [5.41, 5.74) is 1.84. The predicted octanol–water partition coefficient (Wildman–Crippen LogP) is 4.31. The van der Waals surface area contributed by atoms with Crippen molar-refractivity contribution in [2.45, 2.75) is 44.6 Å². The number of hydrogen-bond donors (Lipinski definition) is 0. The van der Waals surface area contributed by atoms with Gasteiger partial charge in [-0.15, -0.1) is 11.8 Å². The van der Waals surface area contributed by atoms with Crippen molar-refractivity contribution in [2.75, 3.05) is 30.9 Å². The first-order valence-corrected chi connectivity index (χ1v) is 8.63. The molecule has 0 bridgehead atoms. The molecule has 1 aromatic carbocycles. The van der Waals surface area contributed by atoms with E-state index in [1.165, 1.54) is 0 Å². The van der Waals surface area contributed by atoms with Crippen LogP contribution in [0.4, 0.5) is 5.69 Å². The monoisotopic (exact) mass is 306 g/mol. The molecule has 0 fully saturated rings. The van der Waals surface area contributed by atoms with Crippen molar-refractivity contribution in [3.8, 4) is 6.07 Å². The third-order valence-electron chi connectivity index (χ3n) is 3.64. The summed E-state index contributed by atoms with van der Waals surface area (Å²) in [5, 5.41) is 9.61. The van der Waals surface area contributed by atoms with Gasteiger partial charge in [0.05, 0.1) is 17.9 Å². The molecule has 0 heterocycles. The Kier molecular flexibility index (Phi) is 8.26. The quantitative estimate of drug-likeness (QED) is 0.637. The molecule has 0 radical (unpaired) electrons. The standard InChI is InChI=1S/C17H26N2OS/c1-5-14(6-2)19(11-12-20-4)16-9-8-10-17(21-7-3)15(16)13-18/h8-10,14H,5-7,11-12H2,1-4H3. The molecule has 0 unspecified atom stereocenters. The fourth-order valence-electron chi connectivity index (χ4n) is 2.57. The van der Waals surface area contributed by atoms with Gasteiger partial charge in [-0.2, -0.15) is 5.26 Å². The van der Waals surface area contributed by atoms with Crippen LogP contribution in [0.2, 0.25) is 0 Å². The number of anilines is 1. The van der Waals surface area contributed by atoms with Gasteiger partial charge in [-0.3, -0.25) is 0 Å². The van der Waals surface area contributed by atoms with E-state index in [0.717, 1.165) is 41.3 Å². The number of hydrogen-bond acceptors (Lipinski definition) is 4. The highest BCUT2D eigenvalue weighted by Crippen LogP contribution is 2.32. The largest absolute Gasteiger partial charge is 0.383 e.